The predicted molar refractivity (Wildman–Crippen MR) is 127 cm³/mol. The van der Waals surface area contributed by atoms with Crippen LogP contribution in [0.15, 0.2) is 103 Å². The van der Waals surface area contributed by atoms with Gasteiger partial charge in [0.05, 0.1) is 11.6 Å². The van der Waals surface area contributed by atoms with Gasteiger partial charge in [-0.25, -0.2) is 4.39 Å². The maximum Gasteiger partial charge on any atom is 0.0765 e. The first-order valence-electron chi connectivity index (χ1n) is 10.4. The van der Waals surface area contributed by atoms with Gasteiger partial charge in [0.1, 0.15) is 0 Å². The van der Waals surface area contributed by atoms with Gasteiger partial charge in [-0.3, -0.25) is 4.39 Å². The molecular weight excluding hydrogens is 607 g/mol. The molecule has 0 saturated heterocycles. The average Bonchev–Trinajstić information content (AvgIpc) is 2.88. The zero-order valence-electron chi connectivity index (χ0n) is 18.3. The van der Waals surface area contributed by atoms with Crippen molar-refractivity contribution in [1.82, 2.24) is 9.97 Å². The van der Waals surface area contributed by atoms with E-state index in [4.69, 9.17) is 0 Å². The Hall–Kier alpha value is -3.53. The van der Waals surface area contributed by atoms with E-state index in [-0.39, 0.29) is 25.7 Å². The molecule has 2 nitrogen and oxygen atoms in total. The largest absolute Gasteiger partial charge is 0.305 e. The van der Waals surface area contributed by atoms with Crippen LogP contribution in [0.4, 0.5) is 8.78 Å². The van der Waals surface area contributed by atoms with Crippen molar-refractivity contribution >= 4 is 0 Å². The van der Waals surface area contributed by atoms with E-state index in [0.717, 1.165) is 34.0 Å². The zero-order chi connectivity index (χ0) is 23.0. The summed E-state index contributed by atoms with van der Waals surface area (Å²) >= 11 is 0. The van der Waals surface area contributed by atoms with E-state index in [1.165, 1.54) is 6.07 Å². The first-order chi connectivity index (χ1) is 16.1. The Kier molecular flexibility index (Phi) is 8.92. The van der Waals surface area contributed by atoms with Crippen molar-refractivity contribution in [2.45, 2.75) is 6.92 Å². The second kappa shape index (κ2) is 12.1. The summed E-state index contributed by atoms with van der Waals surface area (Å²) in [6.07, 6.45) is 3.38. The van der Waals surface area contributed by atoms with Crippen LogP contribution in [-0.4, -0.2) is 9.97 Å². The molecule has 5 aromatic rings. The Morgan fingerprint density at radius 1 is 0.706 bits per heavy atom. The smallest absolute Gasteiger partial charge is 0.0765 e. The molecule has 3 aromatic carbocycles. The van der Waals surface area contributed by atoms with Crippen LogP contribution in [0.3, 0.4) is 0 Å². The van der Waals surface area contributed by atoms with E-state index in [0.29, 0.717) is 5.69 Å². The van der Waals surface area contributed by atoms with Crippen molar-refractivity contribution < 1.29 is 28.9 Å². The molecule has 0 atom stereocenters. The average molecular weight is 627 g/mol. The minimum Gasteiger partial charge on any atom is -0.305 e. The molecule has 0 aliphatic heterocycles. The van der Waals surface area contributed by atoms with E-state index in [1.807, 2.05) is 85.8 Å². The van der Waals surface area contributed by atoms with E-state index in [2.05, 4.69) is 22.1 Å². The molecule has 0 spiro atoms. The second-order valence-electron chi connectivity index (χ2n) is 7.22. The van der Waals surface area contributed by atoms with Gasteiger partial charge in [-0.05, 0) is 47.1 Å². The minimum absolute atomic E-state index is 0. The molecule has 0 amide bonds. The summed E-state index contributed by atoms with van der Waals surface area (Å²) in [5.74, 6) is -1.82. The van der Waals surface area contributed by atoms with Crippen molar-refractivity contribution in [3.63, 3.8) is 0 Å². The molecule has 5 rings (SSSR count). The molecule has 171 valence electrons. The topological polar surface area (TPSA) is 25.8 Å². The van der Waals surface area contributed by atoms with Gasteiger partial charge in [-0.15, -0.1) is 54.1 Å². The van der Waals surface area contributed by atoms with Crippen LogP contribution in [0.1, 0.15) is 5.56 Å². The summed E-state index contributed by atoms with van der Waals surface area (Å²) in [6.45, 7) is 1.92. The molecule has 0 aliphatic carbocycles. The van der Waals surface area contributed by atoms with Gasteiger partial charge >= 0.3 is 0 Å². The third-order valence-electron chi connectivity index (χ3n) is 4.99. The Morgan fingerprint density at radius 3 is 2.18 bits per heavy atom. The van der Waals surface area contributed by atoms with Crippen LogP contribution in [0.25, 0.3) is 33.6 Å². The van der Waals surface area contributed by atoms with Crippen molar-refractivity contribution in [2.75, 3.05) is 0 Å². The van der Waals surface area contributed by atoms with Gasteiger partial charge in [0.25, 0.3) is 0 Å². The Labute approximate surface area is 211 Å². The van der Waals surface area contributed by atoms with Crippen LogP contribution < -0.4 is 0 Å². The standard InChI is InChI=1S/C18H12F2N.C11H8N.Ir/c1-12-10-11-21-18(14-8-5-9-15(19)17(14)20)16(12)13-6-3-2-4-7-13;1-2-6-10(7-3-1)11-8-4-5-9-12-11;/h2-7,9-11H,1H3;1-6,8-9H;/q2*-1;. The van der Waals surface area contributed by atoms with Crippen molar-refractivity contribution in [3.05, 3.63) is 133 Å². The number of hydrogen-bond acceptors (Lipinski definition) is 2. The zero-order valence-corrected chi connectivity index (χ0v) is 20.7. The van der Waals surface area contributed by atoms with Crippen molar-refractivity contribution in [3.8, 4) is 33.6 Å². The van der Waals surface area contributed by atoms with Gasteiger partial charge in [0.15, 0.2) is 0 Å². The molecule has 0 saturated carbocycles. The fraction of sp³-hybridized carbons (Fsp3) is 0.0345. The van der Waals surface area contributed by atoms with Gasteiger partial charge in [-0.2, -0.15) is 0 Å². The summed E-state index contributed by atoms with van der Waals surface area (Å²) in [7, 11) is 0. The number of aromatic nitrogens is 2. The molecular formula is C29H20F2IrN2-2. The molecule has 0 unspecified atom stereocenters. The molecule has 34 heavy (non-hydrogen) atoms. The van der Waals surface area contributed by atoms with Gasteiger partial charge < -0.3 is 9.97 Å². The minimum atomic E-state index is -0.923. The Bertz CT molecular complexity index is 1290. The molecule has 2 heterocycles. The fourth-order valence-electron chi connectivity index (χ4n) is 3.42. The van der Waals surface area contributed by atoms with Crippen LogP contribution in [-0.2, 0) is 20.1 Å². The molecule has 5 heteroatoms. The van der Waals surface area contributed by atoms with Gasteiger partial charge in [0, 0.05) is 32.5 Å². The van der Waals surface area contributed by atoms with E-state index < -0.39 is 11.6 Å². The molecule has 0 fully saturated rings. The third kappa shape index (κ3) is 5.87. The number of hydrogen-bond donors (Lipinski definition) is 0. The van der Waals surface area contributed by atoms with Gasteiger partial charge in [-0.1, -0.05) is 48.0 Å². The first-order valence-corrected chi connectivity index (χ1v) is 10.4. The van der Waals surface area contributed by atoms with Crippen molar-refractivity contribution in [2.24, 2.45) is 0 Å². The third-order valence-corrected chi connectivity index (χ3v) is 4.99. The normalized spacial score (nSPS) is 9.97. The fourth-order valence-corrected chi connectivity index (χ4v) is 3.42. The van der Waals surface area contributed by atoms with Crippen LogP contribution >= 0.6 is 0 Å². The number of nitrogens with zero attached hydrogens (tertiary/aromatic N) is 2. The number of pyridine rings is 2. The summed E-state index contributed by atoms with van der Waals surface area (Å²) in [6, 6.07) is 33.4. The van der Waals surface area contributed by atoms with Crippen LogP contribution in [0.5, 0.6) is 0 Å². The van der Waals surface area contributed by atoms with E-state index in [9.17, 15) is 8.78 Å². The van der Waals surface area contributed by atoms with E-state index >= 15 is 0 Å². The summed E-state index contributed by atoms with van der Waals surface area (Å²) in [5, 5.41) is 0. The summed E-state index contributed by atoms with van der Waals surface area (Å²) in [5.41, 5.74) is 5.12. The second-order valence-corrected chi connectivity index (χ2v) is 7.22. The monoisotopic (exact) mass is 627 g/mol. The van der Waals surface area contributed by atoms with Crippen LogP contribution in [0, 0.1) is 30.7 Å². The number of aryl methyl sites for hydroxylation is 1. The predicted octanol–water partition coefficient (Wildman–Crippen LogP) is 7.35. The summed E-state index contributed by atoms with van der Waals surface area (Å²) in [4.78, 5) is 8.47. The van der Waals surface area contributed by atoms with Gasteiger partial charge in [0.2, 0.25) is 0 Å². The molecule has 2 aromatic heterocycles. The maximum absolute atomic E-state index is 14.1. The molecule has 1 radical (unpaired) electrons. The first kappa shape index (κ1) is 25.1. The quantitative estimate of drug-likeness (QED) is 0.196. The molecule has 0 bridgehead atoms. The number of benzene rings is 3. The summed E-state index contributed by atoms with van der Waals surface area (Å²) < 4.78 is 27.5. The van der Waals surface area contributed by atoms with Crippen LogP contribution in [0.2, 0.25) is 0 Å². The Balaban J connectivity index is 0.000000212. The van der Waals surface area contributed by atoms with E-state index in [1.54, 1.807) is 12.4 Å². The van der Waals surface area contributed by atoms with Crippen molar-refractivity contribution in [1.29, 1.82) is 0 Å². The molecule has 0 N–H and O–H groups in total. The Morgan fingerprint density at radius 2 is 1.47 bits per heavy atom. The number of rotatable bonds is 3. The maximum atomic E-state index is 14.1. The SMILES string of the molecule is Cc1ccnc(-c2[c-]ccc(F)c2F)c1-c1ccccc1.[Ir].[c-]1ccccc1-c1ccccn1. The number of halogens is 2. The molecule has 0 aliphatic rings.